The van der Waals surface area contributed by atoms with Crippen molar-refractivity contribution in [3.05, 3.63) is 58.8 Å². The van der Waals surface area contributed by atoms with Crippen molar-refractivity contribution in [3.8, 4) is 0 Å². The van der Waals surface area contributed by atoms with Crippen LogP contribution in [0.15, 0.2) is 56.6 Å². The third-order valence-corrected chi connectivity index (χ3v) is 8.78. The molecule has 0 bridgehead atoms. The fourth-order valence-electron chi connectivity index (χ4n) is 4.92. The molecule has 2 aliphatic rings. The van der Waals surface area contributed by atoms with Gasteiger partial charge in [0.15, 0.2) is 5.58 Å². The number of nitrogens with zero attached hydrogens (tertiary/aromatic N) is 4. The molecule has 1 atom stereocenters. The number of carbonyl (C=O) groups excluding carboxylic acids is 1. The van der Waals surface area contributed by atoms with Crippen molar-refractivity contribution in [1.29, 1.82) is 0 Å². The van der Waals surface area contributed by atoms with Crippen LogP contribution < -0.4 is 10.7 Å². The quantitative estimate of drug-likeness (QED) is 0.542. The summed E-state index contributed by atoms with van der Waals surface area (Å²) in [5, 5.41) is 0. The Morgan fingerprint density at radius 2 is 1.80 bits per heavy atom. The predicted octanol–water partition coefficient (Wildman–Crippen LogP) is 2.02. The van der Waals surface area contributed by atoms with Gasteiger partial charge in [-0.15, -0.1) is 0 Å². The van der Waals surface area contributed by atoms with Crippen molar-refractivity contribution < 1.29 is 22.0 Å². The van der Waals surface area contributed by atoms with Crippen molar-refractivity contribution in [2.75, 3.05) is 44.2 Å². The molecule has 1 amide bonds. The van der Waals surface area contributed by atoms with Crippen molar-refractivity contribution in [1.82, 2.24) is 13.8 Å². The highest BCUT2D eigenvalue weighted by Gasteiger charge is 2.36. The van der Waals surface area contributed by atoms with Crippen LogP contribution in [-0.2, 0) is 21.9 Å². The summed E-state index contributed by atoms with van der Waals surface area (Å²) in [5.74, 6) is -1.35. The zero-order valence-electron chi connectivity index (χ0n) is 19.4. The number of fused-ring (bicyclic) bond motifs is 1. The Kier molecular flexibility index (Phi) is 6.14. The molecule has 0 radical (unpaired) electrons. The normalized spacial score (nSPS) is 19.9. The molecule has 0 unspecified atom stereocenters. The van der Waals surface area contributed by atoms with E-state index in [4.69, 9.17) is 4.42 Å². The summed E-state index contributed by atoms with van der Waals surface area (Å²) >= 11 is 0. The third kappa shape index (κ3) is 4.34. The molecule has 5 rings (SSSR count). The fraction of sp³-hybridized carbons (Fsp3) is 0.417. The number of sulfonamides is 1. The van der Waals surface area contributed by atoms with E-state index in [2.05, 4.69) is 0 Å². The fourth-order valence-corrected chi connectivity index (χ4v) is 6.46. The summed E-state index contributed by atoms with van der Waals surface area (Å²) in [4.78, 5) is 28.7. The average molecular weight is 503 g/mol. The van der Waals surface area contributed by atoms with Gasteiger partial charge in [0.1, 0.15) is 5.82 Å². The zero-order chi connectivity index (χ0) is 24.7. The number of aromatic nitrogens is 1. The van der Waals surface area contributed by atoms with Crippen LogP contribution in [0.4, 0.5) is 10.1 Å². The predicted molar refractivity (Wildman–Crippen MR) is 128 cm³/mol. The lowest BCUT2D eigenvalue weighted by atomic mass is 9.97. The first kappa shape index (κ1) is 23.6. The lowest BCUT2D eigenvalue weighted by molar-refractivity contribution is -0.137. The van der Waals surface area contributed by atoms with Gasteiger partial charge in [-0.3, -0.25) is 9.36 Å². The Morgan fingerprint density at radius 1 is 1.06 bits per heavy atom. The lowest BCUT2D eigenvalue weighted by Gasteiger charge is -2.39. The molecule has 9 nitrogen and oxygen atoms in total. The number of hydrogen-bond acceptors (Lipinski definition) is 6. The summed E-state index contributed by atoms with van der Waals surface area (Å²) in [7, 11) is -2.31. The number of benzene rings is 2. The van der Waals surface area contributed by atoms with Crippen molar-refractivity contribution in [2.24, 2.45) is 13.0 Å². The number of rotatable bonds is 4. The molecule has 35 heavy (non-hydrogen) atoms. The van der Waals surface area contributed by atoms with Crippen LogP contribution in [0.1, 0.15) is 12.8 Å². The second-order valence-electron chi connectivity index (χ2n) is 9.02. The number of halogens is 1. The van der Waals surface area contributed by atoms with E-state index < -0.39 is 21.7 Å². The molecule has 0 saturated carbocycles. The zero-order valence-corrected chi connectivity index (χ0v) is 20.2. The minimum absolute atomic E-state index is 0.0333. The van der Waals surface area contributed by atoms with Gasteiger partial charge in [-0.25, -0.2) is 17.6 Å². The van der Waals surface area contributed by atoms with E-state index >= 15 is 0 Å². The Morgan fingerprint density at radius 3 is 2.54 bits per heavy atom. The second kappa shape index (κ2) is 9.12. The number of piperazine rings is 1. The molecule has 2 saturated heterocycles. The molecule has 1 aromatic heterocycles. The van der Waals surface area contributed by atoms with Crippen LogP contribution in [0, 0.1) is 11.7 Å². The molecule has 0 N–H and O–H groups in total. The molecule has 3 aromatic rings. The van der Waals surface area contributed by atoms with Crippen LogP contribution in [-0.4, -0.2) is 67.4 Å². The summed E-state index contributed by atoms with van der Waals surface area (Å²) in [5.41, 5.74) is 1.24. The summed E-state index contributed by atoms with van der Waals surface area (Å²) in [6.45, 7) is 2.38. The lowest BCUT2D eigenvalue weighted by Crippen LogP contribution is -2.53. The summed E-state index contributed by atoms with van der Waals surface area (Å²) in [6, 6.07) is 11.0. The highest BCUT2D eigenvalue weighted by molar-refractivity contribution is 7.89. The molecule has 2 fully saturated rings. The standard InChI is InChI=1S/C24H27FN4O5S/c1-26-21-9-8-18(15-22(21)34-24(26)31)35(32,33)29-10-4-5-17(16-29)23(30)28-13-11-27(12-14-28)20-7-3-2-6-19(20)25/h2-3,6-9,15,17H,4-5,10-14,16H2,1H3/t17-/m1/s1. The van der Waals surface area contributed by atoms with Gasteiger partial charge in [0.2, 0.25) is 15.9 Å². The molecule has 2 aliphatic heterocycles. The third-order valence-electron chi connectivity index (χ3n) is 6.92. The molecular formula is C24H27FN4O5S. The maximum atomic E-state index is 14.1. The highest BCUT2D eigenvalue weighted by atomic mass is 32.2. The van der Waals surface area contributed by atoms with E-state index in [0.717, 1.165) is 0 Å². The number of hydrogen-bond donors (Lipinski definition) is 0. The van der Waals surface area contributed by atoms with Gasteiger partial charge in [-0.1, -0.05) is 12.1 Å². The number of para-hydroxylation sites is 1. The maximum absolute atomic E-state index is 14.1. The number of piperidine rings is 1. The van der Waals surface area contributed by atoms with Crippen LogP contribution in [0.3, 0.4) is 0 Å². The number of amides is 1. The van der Waals surface area contributed by atoms with Gasteiger partial charge in [-0.2, -0.15) is 4.31 Å². The van der Waals surface area contributed by atoms with Gasteiger partial charge < -0.3 is 14.2 Å². The molecule has 0 aliphatic carbocycles. The van der Waals surface area contributed by atoms with E-state index in [1.807, 2.05) is 4.90 Å². The topological polar surface area (TPSA) is 96.1 Å². The van der Waals surface area contributed by atoms with E-state index in [1.165, 1.54) is 27.1 Å². The Balaban J connectivity index is 1.27. The van der Waals surface area contributed by atoms with Gasteiger partial charge in [0.05, 0.1) is 22.0 Å². The molecular weight excluding hydrogens is 475 g/mol. The minimum atomic E-state index is -3.86. The Hall–Kier alpha value is -3.18. The highest BCUT2D eigenvalue weighted by Crippen LogP contribution is 2.28. The summed E-state index contributed by atoms with van der Waals surface area (Å²) < 4.78 is 48.6. The van der Waals surface area contributed by atoms with Crippen LogP contribution in [0.2, 0.25) is 0 Å². The largest absolute Gasteiger partial charge is 0.419 e. The van der Waals surface area contributed by atoms with Gasteiger partial charge in [0.25, 0.3) is 0 Å². The second-order valence-corrected chi connectivity index (χ2v) is 11.0. The number of anilines is 1. The first-order valence-corrected chi connectivity index (χ1v) is 13.1. The SMILES string of the molecule is Cn1c(=O)oc2cc(S(=O)(=O)N3CCC[C@@H](C(=O)N4CCN(c5ccccc5F)CC4)C3)ccc21. The Bertz CT molecular complexity index is 1430. The Labute approximate surface area is 202 Å². The van der Waals surface area contributed by atoms with Crippen LogP contribution >= 0.6 is 0 Å². The van der Waals surface area contributed by atoms with Gasteiger partial charge in [0, 0.05) is 52.4 Å². The number of carbonyl (C=O) groups is 1. The molecule has 0 spiro atoms. The molecule has 11 heteroatoms. The maximum Gasteiger partial charge on any atom is 0.419 e. The first-order chi connectivity index (χ1) is 16.8. The van der Waals surface area contributed by atoms with Crippen LogP contribution in [0.25, 0.3) is 11.1 Å². The number of aryl methyl sites for hydroxylation is 1. The number of oxazole rings is 1. The first-order valence-electron chi connectivity index (χ1n) is 11.6. The molecule has 186 valence electrons. The van der Waals surface area contributed by atoms with Crippen molar-refractivity contribution in [2.45, 2.75) is 17.7 Å². The average Bonchev–Trinajstić information content (AvgIpc) is 3.16. The smallest absolute Gasteiger partial charge is 0.408 e. The van der Waals surface area contributed by atoms with Crippen molar-refractivity contribution >= 4 is 32.7 Å². The van der Waals surface area contributed by atoms with Crippen molar-refractivity contribution in [3.63, 3.8) is 0 Å². The van der Waals surface area contributed by atoms with E-state index in [-0.39, 0.29) is 28.7 Å². The molecule has 2 aromatic carbocycles. The minimum Gasteiger partial charge on any atom is -0.408 e. The van der Waals surface area contributed by atoms with E-state index in [9.17, 15) is 22.4 Å². The van der Waals surface area contributed by atoms with Gasteiger partial charge in [-0.05, 0) is 37.1 Å². The monoisotopic (exact) mass is 502 g/mol. The summed E-state index contributed by atoms with van der Waals surface area (Å²) in [6.07, 6.45) is 1.19. The van der Waals surface area contributed by atoms with Crippen LogP contribution in [0.5, 0.6) is 0 Å². The van der Waals surface area contributed by atoms with Gasteiger partial charge >= 0.3 is 5.76 Å². The van der Waals surface area contributed by atoms with E-state index in [0.29, 0.717) is 56.8 Å². The van der Waals surface area contributed by atoms with E-state index in [1.54, 1.807) is 36.2 Å². The molecule has 3 heterocycles.